The van der Waals surface area contributed by atoms with Gasteiger partial charge in [0.1, 0.15) is 5.82 Å². The van der Waals surface area contributed by atoms with Crippen molar-refractivity contribution in [2.24, 2.45) is 0 Å². The summed E-state index contributed by atoms with van der Waals surface area (Å²) in [5, 5.41) is 11.5. The van der Waals surface area contributed by atoms with Gasteiger partial charge in [0.05, 0.1) is 6.42 Å². The van der Waals surface area contributed by atoms with Gasteiger partial charge in [0.15, 0.2) is 0 Å². The standard InChI is InChI=1S/C15H21FN2O3/c1-3-5-13(9-14(19)20)17-15(21)18(2)10-11-6-4-7-12(16)8-11/h4,6-8,13H,3,5,9-10H2,1-2H3,(H,17,21)(H,19,20). The summed E-state index contributed by atoms with van der Waals surface area (Å²) in [6.45, 7) is 2.19. The molecule has 0 aliphatic carbocycles. The van der Waals surface area contributed by atoms with Crippen molar-refractivity contribution in [3.05, 3.63) is 35.6 Å². The van der Waals surface area contributed by atoms with E-state index in [0.29, 0.717) is 12.0 Å². The molecule has 116 valence electrons. The lowest BCUT2D eigenvalue weighted by Crippen LogP contribution is -2.43. The van der Waals surface area contributed by atoms with E-state index >= 15 is 0 Å². The molecule has 5 nitrogen and oxygen atoms in total. The second-order valence-electron chi connectivity index (χ2n) is 5.02. The first kappa shape index (κ1) is 16.9. The Morgan fingerprint density at radius 3 is 2.71 bits per heavy atom. The SMILES string of the molecule is CCCC(CC(=O)O)NC(=O)N(C)Cc1cccc(F)c1. The van der Waals surface area contributed by atoms with E-state index in [9.17, 15) is 14.0 Å². The molecule has 0 radical (unpaired) electrons. The number of carbonyl (C=O) groups excluding carboxylic acids is 1. The van der Waals surface area contributed by atoms with Crippen LogP contribution in [0.5, 0.6) is 0 Å². The van der Waals surface area contributed by atoms with Crippen molar-refractivity contribution in [3.63, 3.8) is 0 Å². The second kappa shape index (κ2) is 8.24. The minimum atomic E-state index is -0.943. The smallest absolute Gasteiger partial charge is 0.317 e. The molecule has 0 spiro atoms. The molecule has 0 saturated heterocycles. The monoisotopic (exact) mass is 296 g/mol. The topological polar surface area (TPSA) is 69.6 Å². The lowest BCUT2D eigenvalue weighted by molar-refractivity contribution is -0.137. The number of nitrogens with one attached hydrogen (secondary N) is 1. The van der Waals surface area contributed by atoms with Gasteiger partial charge in [-0.05, 0) is 24.1 Å². The molecule has 0 heterocycles. The molecule has 6 heteroatoms. The second-order valence-corrected chi connectivity index (χ2v) is 5.02. The zero-order valence-electron chi connectivity index (χ0n) is 12.3. The summed E-state index contributed by atoms with van der Waals surface area (Å²) in [5.74, 6) is -1.29. The van der Waals surface area contributed by atoms with Crippen LogP contribution in [-0.2, 0) is 11.3 Å². The Hall–Kier alpha value is -2.11. The molecule has 2 amide bonds. The fourth-order valence-electron chi connectivity index (χ4n) is 2.05. The Labute approximate surface area is 123 Å². The zero-order chi connectivity index (χ0) is 15.8. The third kappa shape index (κ3) is 6.25. The van der Waals surface area contributed by atoms with E-state index < -0.39 is 12.0 Å². The molecule has 1 aromatic rings. The summed E-state index contributed by atoms with van der Waals surface area (Å²) in [6.07, 6.45) is 1.28. The zero-order valence-corrected chi connectivity index (χ0v) is 12.3. The normalized spacial score (nSPS) is 11.8. The predicted octanol–water partition coefficient (Wildman–Crippen LogP) is 2.61. The first-order valence-corrected chi connectivity index (χ1v) is 6.90. The van der Waals surface area contributed by atoms with Crippen LogP contribution in [0.15, 0.2) is 24.3 Å². The van der Waals surface area contributed by atoms with E-state index in [1.165, 1.54) is 17.0 Å². The highest BCUT2D eigenvalue weighted by atomic mass is 19.1. The van der Waals surface area contributed by atoms with Gasteiger partial charge in [0, 0.05) is 19.6 Å². The first-order valence-electron chi connectivity index (χ1n) is 6.90. The number of halogens is 1. The minimum absolute atomic E-state index is 0.104. The maximum Gasteiger partial charge on any atom is 0.317 e. The van der Waals surface area contributed by atoms with Crippen molar-refractivity contribution in [3.8, 4) is 0 Å². The third-order valence-corrected chi connectivity index (χ3v) is 3.04. The van der Waals surface area contributed by atoms with E-state index in [0.717, 1.165) is 6.42 Å². The summed E-state index contributed by atoms with van der Waals surface area (Å²) in [5.41, 5.74) is 0.679. The number of aliphatic carboxylic acids is 1. The molecule has 1 unspecified atom stereocenters. The van der Waals surface area contributed by atoms with Crippen LogP contribution in [0.3, 0.4) is 0 Å². The van der Waals surface area contributed by atoms with Crippen molar-refractivity contribution in [2.45, 2.75) is 38.8 Å². The predicted molar refractivity (Wildman–Crippen MR) is 77.3 cm³/mol. The number of carboxylic acids is 1. The number of carbonyl (C=O) groups is 2. The summed E-state index contributed by atoms with van der Waals surface area (Å²) in [4.78, 5) is 24.2. The Bertz CT molecular complexity index is 494. The van der Waals surface area contributed by atoms with Crippen molar-refractivity contribution < 1.29 is 19.1 Å². The van der Waals surface area contributed by atoms with Crippen LogP contribution in [-0.4, -0.2) is 35.1 Å². The van der Waals surface area contributed by atoms with Crippen molar-refractivity contribution >= 4 is 12.0 Å². The van der Waals surface area contributed by atoms with Crippen molar-refractivity contribution in [1.29, 1.82) is 0 Å². The van der Waals surface area contributed by atoms with Crippen LogP contribution in [0.4, 0.5) is 9.18 Å². The molecule has 21 heavy (non-hydrogen) atoms. The van der Waals surface area contributed by atoms with E-state index in [1.54, 1.807) is 19.2 Å². The van der Waals surface area contributed by atoms with Gasteiger partial charge >= 0.3 is 12.0 Å². The Morgan fingerprint density at radius 2 is 2.14 bits per heavy atom. The highest BCUT2D eigenvalue weighted by Crippen LogP contribution is 2.08. The minimum Gasteiger partial charge on any atom is -0.481 e. The van der Waals surface area contributed by atoms with Crippen LogP contribution < -0.4 is 5.32 Å². The number of urea groups is 1. The van der Waals surface area contributed by atoms with Crippen molar-refractivity contribution in [2.75, 3.05) is 7.05 Å². The molecule has 0 aromatic heterocycles. The highest BCUT2D eigenvalue weighted by molar-refractivity contribution is 5.75. The lowest BCUT2D eigenvalue weighted by atomic mass is 10.1. The van der Waals surface area contributed by atoms with Crippen LogP contribution >= 0.6 is 0 Å². The van der Waals surface area contributed by atoms with Gasteiger partial charge in [-0.1, -0.05) is 25.5 Å². The molecule has 1 rings (SSSR count). The summed E-state index contributed by atoms with van der Waals surface area (Å²) in [6, 6.07) is 5.26. The van der Waals surface area contributed by atoms with Gasteiger partial charge in [0.25, 0.3) is 0 Å². The van der Waals surface area contributed by atoms with E-state index in [1.807, 2.05) is 6.92 Å². The van der Waals surface area contributed by atoms with Crippen molar-refractivity contribution in [1.82, 2.24) is 10.2 Å². The largest absolute Gasteiger partial charge is 0.481 e. The van der Waals surface area contributed by atoms with Gasteiger partial charge in [-0.15, -0.1) is 0 Å². The number of benzene rings is 1. The van der Waals surface area contributed by atoms with Crippen LogP contribution in [0.25, 0.3) is 0 Å². The fourth-order valence-corrected chi connectivity index (χ4v) is 2.05. The van der Waals surface area contributed by atoms with Crippen LogP contribution in [0, 0.1) is 5.82 Å². The summed E-state index contributed by atoms with van der Waals surface area (Å²) < 4.78 is 13.1. The third-order valence-electron chi connectivity index (χ3n) is 3.04. The van der Waals surface area contributed by atoms with Gasteiger partial charge in [-0.25, -0.2) is 9.18 Å². The highest BCUT2D eigenvalue weighted by Gasteiger charge is 2.17. The maximum absolute atomic E-state index is 13.1. The summed E-state index contributed by atoms with van der Waals surface area (Å²) in [7, 11) is 1.59. The average molecular weight is 296 g/mol. The van der Waals surface area contributed by atoms with E-state index in [-0.39, 0.29) is 24.8 Å². The molecular weight excluding hydrogens is 275 g/mol. The maximum atomic E-state index is 13.1. The average Bonchev–Trinajstić information content (AvgIpc) is 2.38. The van der Waals surface area contributed by atoms with Crippen LogP contribution in [0.1, 0.15) is 31.7 Å². The molecule has 1 aromatic carbocycles. The number of rotatable bonds is 7. The number of amides is 2. The molecule has 0 aliphatic heterocycles. The Balaban J connectivity index is 2.58. The Kier molecular flexibility index (Phi) is 6.65. The Morgan fingerprint density at radius 1 is 1.43 bits per heavy atom. The molecule has 0 saturated carbocycles. The lowest BCUT2D eigenvalue weighted by Gasteiger charge is -2.22. The van der Waals surface area contributed by atoms with Gasteiger partial charge in [-0.2, -0.15) is 0 Å². The molecule has 0 fully saturated rings. The van der Waals surface area contributed by atoms with Crippen LogP contribution in [0.2, 0.25) is 0 Å². The quantitative estimate of drug-likeness (QED) is 0.812. The van der Waals surface area contributed by atoms with Gasteiger partial charge in [-0.3, -0.25) is 4.79 Å². The molecular formula is C15H21FN2O3. The number of nitrogens with zero attached hydrogens (tertiary/aromatic N) is 1. The molecule has 0 aliphatic rings. The number of carboxylic acid groups (broad SMARTS) is 1. The van der Waals surface area contributed by atoms with Gasteiger partial charge < -0.3 is 15.3 Å². The van der Waals surface area contributed by atoms with E-state index in [2.05, 4.69) is 5.32 Å². The summed E-state index contributed by atoms with van der Waals surface area (Å²) >= 11 is 0. The van der Waals surface area contributed by atoms with Gasteiger partial charge in [0.2, 0.25) is 0 Å². The number of hydrogen-bond donors (Lipinski definition) is 2. The molecule has 1 atom stereocenters. The van der Waals surface area contributed by atoms with E-state index in [4.69, 9.17) is 5.11 Å². The first-order chi connectivity index (χ1) is 9.92. The molecule has 2 N–H and O–H groups in total. The molecule has 0 bridgehead atoms. The fraction of sp³-hybridized carbons (Fsp3) is 0.467. The number of hydrogen-bond acceptors (Lipinski definition) is 2.